The summed E-state index contributed by atoms with van der Waals surface area (Å²) in [7, 11) is 157. The van der Waals surface area contributed by atoms with E-state index < -0.39 is 0 Å². The van der Waals surface area contributed by atoms with E-state index in [2.05, 4.69) is 15.0 Å². The summed E-state index contributed by atoms with van der Waals surface area (Å²) >= 11 is 0. The number of hydrogen-bond donors (Lipinski definition) is 0. The third-order valence-corrected chi connectivity index (χ3v) is 12.5. The topological polar surface area (TPSA) is 56.7 Å². The summed E-state index contributed by atoms with van der Waals surface area (Å²) in [5, 5.41) is 0.531. The molecule has 0 aliphatic heterocycles. The lowest BCUT2D eigenvalue weighted by atomic mass is 9.60. The molecule has 9 rings (SSSR count). The van der Waals surface area contributed by atoms with Crippen molar-refractivity contribution in [1.29, 1.82) is 0 Å². The highest BCUT2D eigenvalue weighted by atomic mass is 16.3. The second kappa shape index (κ2) is 16.5. The molecule has 6 aromatic carbocycles. The number of nitrogens with zero attached hydrogens (tertiary/aromatic N) is 4. The van der Waals surface area contributed by atoms with Gasteiger partial charge >= 0.3 is 0 Å². The minimum atomic E-state index is -0.282. The van der Waals surface area contributed by atoms with Crippen LogP contribution in [0.4, 0.5) is 0 Å². The maximum Gasteiger partial charge on any atom is 0.163 e. The Bertz CT molecular complexity index is 3640. The van der Waals surface area contributed by atoms with Crippen molar-refractivity contribution in [2.45, 2.75) is 0 Å². The molecule has 0 saturated heterocycles. The van der Waals surface area contributed by atoms with Gasteiger partial charge in [-0.3, -0.25) is 0 Å². The summed E-state index contributed by atoms with van der Waals surface area (Å²) in [6.45, 7) is 0. The molecule has 0 unspecified atom stereocenters. The minimum Gasteiger partial charge on any atom is -0.457 e. The molecule has 5 nitrogen and oxygen atoms in total. The van der Waals surface area contributed by atoms with Crippen molar-refractivity contribution in [3.63, 3.8) is 0 Å². The molecule has 254 valence electrons. The Morgan fingerprint density at radius 1 is 0.235 bits per heavy atom. The van der Waals surface area contributed by atoms with Gasteiger partial charge < -0.3 is 8.98 Å². The van der Waals surface area contributed by atoms with Gasteiger partial charge in [-0.1, -0.05) is 71.0 Å². The number of furan rings is 1. The monoisotopic (exact) mass is 804 g/mol. The molecule has 68 heavy (non-hydrogen) atoms. The van der Waals surface area contributed by atoms with Crippen LogP contribution in [0.2, 0.25) is 0 Å². The highest BCUT2D eigenvalue weighted by molar-refractivity contribution is 6.74. The Morgan fingerprint density at radius 2 is 0.500 bits per heavy atom. The Hall–Kier alpha value is -4.51. The predicted molar refractivity (Wildman–Crippen MR) is 307 cm³/mol. The van der Waals surface area contributed by atoms with Crippen LogP contribution in [0.1, 0.15) is 0 Å². The molecule has 0 saturated carbocycles. The lowest BCUT2D eigenvalue weighted by molar-refractivity contribution is 0.674. The van der Waals surface area contributed by atoms with E-state index in [9.17, 15) is 0 Å². The molecule has 0 fully saturated rings. The fraction of sp³-hybridized carbons (Fsp3) is 0. The Kier molecular flexibility index (Phi) is 11.8. The molecule has 3 heterocycles. The van der Waals surface area contributed by atoms with Gasteiger partial charge in [0.05, 0.1) is 0 Å². The molecule has 0 aliphatic rings. The van der Waals surface area contributed by atoms with Gasteiger partial charge in [-0.2, -0.15) is 0 Å². The zero-order valence-electron chi connectivity index (χ0n) is 35.6. The van der Waals surface area contributed by atoms with Crippen molar-refractivity contribution in [3.8, 4) is 39.9 Å². The van der Waals surface area contributed by atoms with Crippen LogP contribution in [-0.2, 0) is 0 Å². The zero-order valence-corrected chi connectivity index (χ0v) is 35.6. The van der Waals surface area contributed by atoms with Gasteiger partial charge in [-0.15, -0.1) is 54.6 Å². The number of rotatable bonds is 4. The lowest BCUT2D eigenvalue weighted by Crippen LogP contribution is -2.55. The molecule has 9 aromatic rings. The fourth-order valence-electron chi connectivity index (χ4n) is 8.68. The van der Waals surface area contributed by atoms with Gasteiger partial charge in [0.25, 0.3) is 0 Å². The molecule has 29 heteroatoms. The van der Waals surface area contributed by atoms with Gasteiger partial charge in [0.2, 0.25) is 0 Å². The Labute approximate surface area is 424 Å². The van der Waals surface area contributed by atoms with E-state index >= 15 is 0 Å². The summed E-state index contributed by atoms with van der Waals surface area (Å²) in [5.41, 5.74) is -3.08. The molecule has 0 spiro atoms. The molecular formula is C39B24N4O. The summed E-state index contributed by atoms with van der Waals surface area (Å²) in [6, 6.07) is 0. The maximum atomic E-state index is 7.15. The number of hydrogen-bond acceptors (Lipinski definition) is 4. The molecule has 0 N–H and O–H groups in total. The molecule has 48 radical (unpaired) electrons. The van der Waals surface area contributed by atoms with Crippen LogP contribution in [0.25, 0.3) is 83.6 Å². The van der Waals surface area contributed by atoms with Crippen LogP contribution in [0.3, 0.4) is 0 Å². The summed E-state index contributed by atoms with van der Waals surface area (Å²) < 4.78 is 7.85. The highest BCUT2D eigenvalue weighted by Crippen LogP contribution is 2.30. The maximum absolute atomic E-state index is 7.15. The molecule has 0 bridgehead atoms. The van der Waals surface area contributed by atoms with Gasteiger partial charge in [0, 0.05) is 44.2 Å². The van der Waals surface area contributed by atoms with Gasteiger partial charge in [-0.25, -0.2) is 15.0 Å². The van der Waals surface area contributed by atoms with E-state index in [-0.39, 0.29) is 215 Å². The van der Waals surface area contributed by atoms with Crippen molar-refractivity contribution >= 4 is 363 Å². The van der Waals surface area contributed by atoms with Crippen molar-refractivity contribution < 1.29 is 4.42 Å². The second-order valence-electron chi connectivity index (χ2n) is 16.0. The van der Waals surface area contributed by atoms with Crippen molar-refractivity contribution in [2.24, 2.45) is 0 Å². The zero-order chi connectivity index (χ0) is 49.9. The highest BCUT2D eigenvalue weighted by Gasteiger charge is 2.29. The third-order valence-electron chi connectivity index (χ3n) is 12.5. The normalized spacial score (nSPS) is 11.8. The van der Waals surface area contributed by atoms with Gasteiger partial charge in [0.1, 0.15) is 199 Å². The first kappa shape index (κ1) is 48.5. The fourth-order valence-corrected chi connectivity index (χ4v) is 8.68. The number of fused-ring (bicyclic) bond motifs is 6. The average Bonchev–Trinajstić information content (AvgIpc) is 3.89. The largest absolute Gasteiger partial charge is 0.457 e. The smallest absolute Gasteiger partial charge is 0.163 e. The van der Waals surface area contributed by atoms with Crippen molar-refractivity contribution in [2.75, 3.05) is 0 Å². The van der Waals surface area contributed by atoms with Crippen LogP contribution in [0.5, 0.6) is 0 Å². The second-order valence-corrected chi connectivity index (χ2v) is 16.0. The number of benzene rings is 6. The molecular weight excluding hydrogens is 800 g/mol. The predicted octanol–water partition coefficient (Wildman–Crippen LogP) is -19.1. The van der Waals surface area contributed by atoms with Crippen LogP contribution in [0.15, 0.2) is 4.42 Å². The first-order valence-corrected chi connectivity index (χ1v) is 19.6. The standard InChI is InChI=1S/C39B24N4O/c40-8-1-2-9(41)19(51)27(59)29(61)33(2)67(32(1)28(60)26(58)18(8)50)34-16(48)4-3-10(42)11(43)7(17(49)35(3)68-36(4)31(63)30(34)62)39-65-37(5-12(44)20(52)24(56)21(53)13(5)45)64-38(66-39)6-14(46)22(54)25(57)23(55)15(6)47. The van der Waals surface area contributed by atoms with E-state index in [4.69, 9.17) is 193 Å². The SMILES string of the molecule is [B]c1c([B])c([B])c(-c2nc(-c3c([B])c([B])c([B])c([B])c3[B])nc(-c3c([B])c([B])c4c(oc5c([B])c([B])c(-n6c7c([B])c([B])c([B])c([B])c7c7c([B])c([B])c([B])c([B])c76)c([B])c54)c3[B])n2)c([B])c1[B]. The summed E-state index contributed by atoms with van der Waals surface area (Å²) in [4.78, 5) is 14.0. The summed E-state index contributed by atoms with van der Waals surface area (Å²) in [6.07, 6.45) is 0. The van der Waals surface area contributed by atoms with Crippen LogP contribution in [0, 0.1) is 0 Å². The first-order chi connectivity index (χ1) is 31.8. The van der Waals surface area contributed by atoms with Crippen LogP contribution >= 0.6 is 0 Å². The van der Waals surface area contributed by atoms with Crippen molar-refractivity contribution in [3.05, 3.63) is 0 Å². The minimum absolute atomic E-state index is 0.0185. The third kappa shape index (κ3) is 6.40. The van der Waals surface area contributed by atoms with E-state index in [1.165, 1.54) is 4.57 Å². The van der Waals surface area contributed by atoms with E-state index in [1.54, 1.807) is 0 Å². The van der Waals surface area contributed by atoms with Crippen molar-refractivity contribution in [1.82, 2.24) is 19.5 Å². The Morgan fingerprint density at radius 3 is 0.882 bits per heavy atom. The average molecular weight is 800 g/mol. The summed E-state index contributed by atoms with van der Waals surface area (Å²) in [5.74, 6) is -0.791. The van der Waals surface area contributed by atoms with Gasteiger partial charge in [0.15, 0.2) is 17.5 Å². The Balaban J connectivity index is 1.42. The molecule has 0 amide bonds. The molecule has 3 aromatic heterocycles. The molecule has 0 atom stereocenters. The van der Waals surface area contributed by atoms with Crippen LogP contribution < -0.4 is 131 Å². The van der Waals surface area contributed by atoms with E-state index in [0.29, 0.717) is 0 Å². The first-order valence-electron chi connectivity index (χ1n) is 19.6. The number of aromatic nitrogens is 4. The van der Waals surface area contributed by atoms with Gasteiger partial charge in [-0.05, 0) is 16.2 Å². The molecule has 0 aliphatic carbocycles. The quantitative estimate of drug-likeness (QED) is 0.166. The van der Waals surface area contributed by atoms with E-state index in [0.717, 1.165) is 0 Å². The van der Waals surface area contributed by atoms with E-state index in [1.807, 2.05) is 0 Å². The lowest BCUT2D eigenvalue weighted by Gasteiger charge is -2.23. The van der Waals surface area contributed by atoms with Crippen LogP contribution in [-0.4, -0.2) is 208 Å².